The number of rotatable bonds is 7. The van der Waals surface area contributed by atoms with Gasteiger partial charge in [-0.3, -0.25) is 9.69 Å². The summed E-state index contributed by atoms with van der Waals surface area (Å²) in [5.74, 6) is -0.879. The Labute approximate surface area is 198 Å². The van der Waals surface area contributed by atoms with E-state index in [0.717, 1.165) is 24.2 Å². The number of amides is 1. The lowest BCUT2D eigenvalue weighted by Crippen LogP contribution is -2.42. The fraction of sp³-hybridized carbons (Fsp3) is 0.321. The molecule has 4 rings (SSSR count). The van der Waals surface area contributed by atoms with Crippen LogP contribution in [0.15, 0.2) is 72.8 Å². The van der Waals surface area contributed by atoms with Crippen molar-refractivity contribution in [2.24, 2.45) is 5.92 Å². The topological polar surface area (TPSA) is 23.6 Å². The maximum atomic E-state index is 13.7. The SMILES string of the molecule is CC(C)N(C[C@H]1CN(Cc2cccc(F)c2)C[C@@H]1c1ccc(F)cc1)C(=O)c1ccc(F)cc1. The number of nitrogens with zero attached hydrogens (tertiary/aromatic N) is 2. The molecule has 1 aliphatic heterocycles. The first-order valence-corrected chi connectivity index (χ1v) is 11.6. The van der Waals surface area contributed by atoms with Gasteiger partial charge in [-0.15, -0.1) is 0 Å². The molecule has 1 amide bonds. The second-order valence-corrected chi connectivity index (χ2v) is 9.30. The monoisotopic (exact) mass is 466 g/mol. The number of halogens is 3. The molecule has 0 unspecified atom stereocenters. The molecule has 3 aromatic carbocycles. The van der Waals surface area contributed by atoms with Gasteiger partial charge in [0.25, 0.3) is 5.91 Å². The predicted octanol–water partition coefficient (Wildman–Crippen LogP) is 5.87. The van der Waals surface area contributed by atoms with Crippen molar-refractivity contribution in [3.05, 3.63) is 107 Å². The molecule has 0 saturated carbocycles. The lowest BCUT2D eigenvalue weighted by atomic mass is 9.88. The number of benzene rings is 3. The van der Waals surface area contributed by atoms with Crippen LogP contribution in [0.3, 0.4) is 0 Å². The number of hydrogen-bond donors (Lipinski definition) is 0. The van der Waals surface area contributed by atoms with Gasteiger partial charge in [-0.2, -0.15) is 0 Å². The van der Waals surface area contributed by atoms with Crippen LogP contribution < -0.4 is 0 Å². The van der Waals surface area contributed by atoms with Crippen molar-refractivity contribution in [1.29, 1.82) is 0 Å². The van der Waals surface area contributed by atoms with Crippen LogP contribution in [0, 0.1) is 23.4 Å². The fourth-order valence-corrected chi connectivity index (χ4v) is 4.79. The highest BCUT2D eigenvalue weighted by Gasteiger charge is 2.36. The first-order valence-electron chi connectivity index (χ1n) is 11.6. The van der Waals surface area contributed by atoms with Crippen LogP contribution in [0.2, 0.25) is 0 Å². The van der Waals surface area contributed by atoms with Gasteiger partial charge in [-0.1, -0.05) is 24.3 Å². The maximum Gasteiger partial charge on any atom is 0.254 e. The molecule has 34 heavy (non-hydrogen) atoms. The maximum absolute atomic E-state index is 13.7. The Morgan fingerprint density at radius 2 is 1.56 bits per heavy atom. The van der Waals surface area contributed by atoms with E-state index >= 15 is 0 Å². The van der Waals surface area contributed by atoms with E-state index in [1.807, 2.05) is 24.8 Å². The Morgan fingerprint density at radius 1 is 0.912 bits per heavy atom. The highest BCUT2D eigenvalue weighted by Crippen LogP contribution is 2.35. The molecule has 2 atom stereocenters. The van der Waals surface area contributed by atoms with Crippen LogP contribution in [0.25, 0.3) is 0 Å². The van der Waals surface area contributed by atoms with Crippen LogP contribution in [0.1, 0.15) is 41.3 Å². The number of carbonyl (C=O) groups excluding carboxylic acids is 1. The van der Waals surface area contributed by atoms with E-state index in [2.05, 4.69) is 4.90 Å². The smallest absolute Gasteiger partial charge is 0.254 e. The largest absolute Gasteiger partial charge is 0.336 e. The van der Waals surface area contributed by atoms with E-state index in [9.17, 15) is 18.0 Å². The summed E-state index contributed by atoms with van der Waals surface area (Å²) >= 11 is 0. The number of carbonyl (C=O) groups is 1. The quantitative estimate of drug-likeness (QED) is 0.435. The van der Waals surface area contributed by atoms with Gasteiger partial charge in [0.15, 0.2) is 0 Å². The normalized spacial score (nSPS) is 18.4. The summed E-state index contributed by atoms with van der Waals surface area (Å²) in [6, 6.07) is 18.7. The van der Waals surface area contributed by atoms with E-state index in [4.69, 9.17) is 0 Å². The van der Waals surface area contributed by atoms with Gasteiger partial charge in [0.2, 0.25) is 0 Å². The molecule has 0 bridgehead atoms. The van der Waals surface area contributed by atoms with Gasteiger partial charge in [0.05, 0.1) is 0 Å². The zero-order valence-corrected chi connectivity index (χ0v) is 19.4. The van der Waals surface area contributed by atoms with Crippen LogP contribution in [0.5, 0.6) is 0 Å². The zero-order chi connectivity index (χ0) is 24.2. The van der Waals surface area contributed by atoms with Gasteiger partial charge in [-0.05, 0) is 79.4 Å². The summed E-state index contributed by atoms with van der Waals surface area (Å²) in [5.41, 5.74) is 2.36. The molecule has 3 aromatic rings. The van der Waals surface area contributed by atoms with Crippen LogP contribution in [0.4, 0.5) is 13.2 Å². The standard InChI is InChI=1S/C28H29F3N2O/c1-19(2)33(28(34)22-8-12-25(30)13-9-22)17-23-16-32(15-20-4-3-5-26(31)14-20)18-27(23)21-6-10-24(29)11-7-21/h3-14,19,23,27H,15-18H2,1-2H3/t23-,27-/m1/s1. The molecule has 3 nitrogen and oxygen atoms in total. The molecule has 178 valence electrons. The third-order valence-electron chi connectivity index (χ3n) is 6.52. The summed E-state index contributed by atoms with van der Waals surface area (Å²) in [5, 5.41) is 0. The Kier molecular flexibility index (Phi) is 7.37. The minimum atomic E-state index is -0.382. The summed E-state index contributed by atoms with van der Waals surface area (Å²) in [7, 11) is 0. The highest BCUT2D eigenvalue weighted by atomic mass is 19.1. The lowest BCUT2D eigenvalue weighted by molar-refractivity contribution is 0.0668. The molecule has 0 aliphatic carbocycles. The summed E-state index contributed by atoms with van der Waals surface area (Å²) in [4.78, 5) is 17.4. The third-order valence-corrected chi connectivity index (χ3v) is 6.52. The summed E-state index contributed by atoms with van der Waals surface area (Å²) in [6.45, 7) is 6.48. The minimum absolute atomic E-state index is 0.0521. The van der Waals surface area contributed by atoms with E-state index < -0.39 is 0 Å². The fourth-order valence-electron chi connectivity index (χ4n) is 4.79. The zero-order valence-electron chi connectivity index (χ0n) is 19.4. The van der Waals surface area contributed by atoms with Crippen molar-refractivity contribution < 1.29 is 18.0 Å². The summed E-state index contributed by atoms with van der Waals surface area (Å²) in [6.07, 6.45) is 0. The third kappa shape index (κ3) is 5.68. The van der Waals surface area contributed by atoms with Crippen LogP contribution in [-0.2, 0) is 6.54 Å². The molecule has 0 N–H and O–H groups in total. The van der Waals surface area contributed by atoms with E-state index in [-0.39, 0.29) is 41.2 Å². The predicted molar refractivity (Wildman–Crippen MR) is 127 cm³/mol. The first-order chi connectivity index (χ1) is 16.3. The Bertz CT molecular complexity index is 1120. The second-order valence-electron chi connectivity index (χ2n) is 9.30. The molecule has 6 heteroatoms. The van der Waals surface area contributed by atoms with Crippen molar-refractivity contribution in [2.75, 3.05) is 19.6 Å². The van der Waals surface area contributed by atoms with Gasteiger partial charge < -0.3 is 4.90 Å². The molecular weight excluding hydrogens is 437 g/mol. The summed E-state index contributed by atoms with van der Waals surface area (Å²) < 4.78 is 40.7. The molecule has 1 fully saturated rings. The van der Waals surface area contributed by atoms with Gasteiger partial charge >= 0.3 is 0 Å². The molecule has 0 spiro atoms. The number of likely N-dealkylation sites (tertiary alicyclic amines) is 1. The highest BCUT2D eigenvalue weighted by molar-refractivity contribution is 5.94. The van der Waals surface area contributed by atoms with Crippen molar-refractivity contribution in [1.82, 2.24) is 9.80 Å². The molecule has 1 aliphatic rings. The molecule has 0 radical (unpaired) electrons. The number of hydrogen-bond acceptors (Lipinski definition) is 2. The average Bonchev–Trinajstić information content (AvgIpc) is 3.20. The van der Waals surface area contributed by atoms with Crippen LogP contribution in [-0.4, -0.2) is 41.4 Å². The Morgan fingerprint density at radius 3 is 2.18 bits per heavy atom. The molecule has 0 aromatic heterocycles. The van der Waals surface area contributed by atoms with Crippen LogP contribution >= 0.6 is 0 Å². The van der Waals surface area contributed by atoms with E-state index in [1.165, 1.54) is 42.5 Å². The minimum Gasteiger partial charge on any atom is -0.336 e. The van der Waals surface area contributed by atoms with E-state index in [0.29, 0.717) is 18.7 Å². The van der Waals surface area contributed by atoms with Gasteiger partial charge in [-0.25, -0.2) is 13.2 Å². The Hall–Kier alpha value is -3.12. The average molecular weight is 467 g/mol. The van der Waals surface area contributed by atoms with Crippen molar-refractivity contribution >= 4 is 5.91 Å². The lowest BCUT2D eigenvalue weighted by Gasteiger charge is -2.32. The first kappa shape index (κ1) is 24.0. The van der Waals surface area contributed by atoms with Crippen molar-refractivity contribution in [2.45, 2.75) is 32.4 Å². The van der Waals surface area contributed by atoms with Crippen molar-refractivity contribution in [3.63, 3.8) is 0 Å². The molecule has 1 heterocycles. The molecular formula is C28H29F3N2O. The van der Waals surface area contributed by atoms with Crippen molar-refractivity contribution in [3.8, 4) is 0 Å². The van der Waals surface area contributed by atoms with Gasteiger partial charge in [0.1, 0.15) is 17.5 Å². The van der Waals surface area contributed by atoms with E-state index in [1.54, 1.807) is 24.3 Å². The van der Waals surface area contributed by atoms with Gasteiger partial charge in [0, 0.05) is 43.7 Å². The Balaban J connectivity index is 1.57. The molecule has 1 saturated heterocycles. The second kappa shape index (κ2) is 10.4.